The highest BCUT2D eigenvalue weighted by atomic mass is 16.5. The van der Waals surface area contributed by atoms with Crippen molar-refractivity contribution in [3.05, 3.63) is 46.2 Å². The summed E-state index contributed by atoms with van der Waals surface area (Å²) >= 11 is 0. The molecule has 3 N–H and O–H groups in total. The Bertz CT molecular complexity index is 679. The maximum Gasteiger partial charge on any atom is 0.338 e. The molecular weight excluding hydrogens is 262 g/mol. The van der Waals surface area contributed by atoms with E-state index < -0.39 is 18.2 Å². The van der Waals surface area contributed by atoms with Gasteiger partial charge in [0.2, 0.25) is 0 Å². The number of ether oxygens (including phenoxy) is 1. The van der Waals surface area contributed by atoms with E-state index in [1.54, 1.807) is 19.1 Å². The lowest BCUT2D eigenvalue weighted by molar-refractivity contribution is -0.159. The minimum atomic E-state index is -1.70. The number of benzene rings is 1. The van der Waals surface area contributed by atoms with Gasteiger partial charge in [0, 0.05) is 23.2 Å². The maximum absolute atomic E-state index is 11.7. The Hall–Kier alpha value is -2.18. The van der Waals surface area contributed by atoms with Gasteiger partial charge in [0.25, 0.3) is 0 Å². The number of para-hydroxylation sites is 1. The summed E-state index contributed by atoms with van der Waals surface area (Å²) in [5, 5.41) is 20.3. The van der Waals surface area contributed by atoms with E-state index in [4.69, 9.17) is 0 Å². The zero-order valence-electron chi connectivity index (χ0n) is 10.9. The molecule has 1 aromatic heterocycles. The maximum atomic E-state index is 11.7. The van der Waals surface area contributed by atoms with Crippen molar-refractivity contribution in [1.29, 1.82) is 0 Å². The fraction of sp³-hybridized carbons (Fsp3) is 0.286. The summed E-state index contributed by atoms with van der Waals surface area (Å²) in [6.07, 6.45) is -1.74. The number of H-pyrrole nitrogens is 1. The Labute approximate surface area is 114 Å². The van der Waals surface area contributed by atoms with Crippen LogP contribution in [-0.2, 0) is 9.53 Å². The zero-order chi connectivity index (χ0) is 14.7. The first-order valence-corrected chi connectivity index (χ1v) is 6.19. The Kier molecular flexibility index (Phi) is 4.16. The van der Waals surface area contributed by atoms with Crippen molar-refractivity contribution in [1.82, 2.24) is 4.98 Å². The van der Waals surface area contributed by atoms with Crippen LogP contribution in [0, 0.1) is 0 Å². The molecule has 0 aliphatic heterocycles. The minimum absolute atomic E-state index is 0.106. The Morgan fingerprint density at radius 3 is 2.80 bits per heavy atom. The van der Waals surface area contributed by atoms with E-state index in [0.717, 1.165) is 0 Å². The van der Waals surface area contributed by atoms with E-state index in [1.165, 1.54) is 18.3 Å². The molecule has 6 heteroatoms. The van der Waals surface area contributed by atoms with Gasteiger partial charge < -0.3 is 19.9 Å². The fourth-order valence-corrected chi connectivity index (χ4v) is 2.00. The first kappa shape index (κ1) is 14.2. The highest BCUT2D eigenvalue weighted by molar-refractivity contribution is 5.83. The summed E-state index contributed by atoms with van der Waals surface area (Å²) < 4.78 is 4.66. The standard InChI is InChI=1S/C14H15NO5/c1-2-20-14(19)13(18)12(17)9-5-3-4-8-10(16)6-7-15-11(8)9/h3-7,12-13,17-18H,2H2,1H3,(H,15,16). The lowest BCUT2D eigenvalue weighted by atomic mass is 10.0. The second-order valence-electron chi connectivity index (χ2n) is 4.25. The van der Waals surface area contributed by atoms with Crippen LogP contribution in [0.1, 0.15) is 18.6 Å². The number of hydrogen-bond acceptors (Lipinski definition) is 5. The molecule has 0 amide bonds. The number of pyridine rings is 1. The van der Waals surface area contributed by atoms with Gasteiger partial charge in [0.1, 0.15) is 6.10 Å². The summed E-state index contributed by atoms with van der Waals surface area (Å²) in [7, 11) is 0. The quantitative estimate of drug-likeness (QED) is 0.706. The molecule has 0 saturated carbocycles. The Morgan fingerprint density at radius 2 is 2.10 bits per heavy atom. The van der Waals surface area contributed by atoms with Crippen LogP contribution in [0.15, 0.2) is 35.3 Å². The number of nitrogens with one attached hydrogen (secondary N) is 1. The largest absolute Gasteiger partial charge is 0.464 e. The average molecular weight is 277 g/mol. The highest BCUT2D eigenvalue weighted by Crippen LogP contribution is 2.23. The summed E-state index contributed by atoms with van der Waals surface area (Å²) in [6.45, 7) is 1.71. The van der Waals surface area contributed by atoms with Gasteiger partial charge in [-0.15, -0.1) is 0 Å². The smallest absolute Gasteiger partial charge is 0.338 e. The normalized spacial score (nSPS) is 13.9. The molecule has 2 unspecified atom stereocenters. The monoisotopic (exact) mass is 277 g/mol. The van der Waals surface area contributed by atoms with Gasteiger partial charge in [0.15, 0.2) is 11.5 Å². The van der Waals surface area contributed by atoms with Gasteiger partial charge in [0.05, 0.1) is 12.1 Å². The fourth-order valence-electron chi connectivity index (χ4n) is 2.00. The number of aromatic amines is 1. The second kappa shape index (κ2) is 5.85. The van der Waals surface area contributed by atoms with Gasteiger partial charge in [-0.05, 0) is 13.0 Å². The topological polar surface area (TPSA) is 99.6 Å². The third kappa shape index (κ3) is 2.56. The zero-order valence-corrected chi connectivity index (χ0v) is 10.9. The third-order valence-electron chi connectivity index (χ3n) is 2.97. The van der Waals surface area contributed by atoms with E-state index in [-0.39, 0.29) is 17.6 Å². The average Bonchev–Trinajstić information content (AvgIpc) is 2.46. The predicted molar refractivity (Wildman–Crippen MR) is 72.2 cm³/mol. The van der Waals surface area contributed by atoms with E-state index in [0.29, 0.717) is 10.9 Å². The van der Waals surface area contributed by atoms with E-state index in [1.807, 2.05) is 0 Å². The number of carbonyl (C=O) groups is 1. The molecule has 0 spiro atoms. The van der Waals surface area contributed by atoms with Gasteiger partial charge in [-0.25, -0.2) is 4.79 Å². The molecule has 0 fully saturated rings. The molecule has 0 saturated heterocycles. The van der Waals surface area contributed by atoms with Crippen molar-refractivity contribution in [2.24, 2.45) is 0 Å². The van der Waals surface area contributed by atoms with Gasteiger partial charge >= 0.3 is 5.97 Å². The van der Waals surface area contributed by atoms with Crippen molar-refractivity contribution < 1.29 is 19.7 Å². The number of rotatable bonds is 4. The van der Waals surface area contributed by atoms with E-state index >= 15 is 0 Å². The molecule has 0 radical (unpaired) electrons. The molecule has 0 aliphatic carbocycles. The summed E-state index contributed by atoms with van der Waals surface area (Å²) in [6, 6.07) is 6.07. The third-order valence-corrected chi connectivity index (χ3v) is 2.97. The van der Waals surface area contributed by atoms with Crippen molar-refractivity contribution >= 4 is 16.9 Å². The van der Waals surface area contributed by atoms with Crippen LogP contribution < -0.4 is 5.43 Å². The van der Waals surface area contributed by atoms with Crippen LogP contribution in [0.25, 0.3) is 10.9 Å². The highest BCUT2D eigenvalue weighted by Gasteiger charge is 2.28. The first-order chi connectivity index (χ1) is 9.56. The molecule has 1 aromatic carbocycles. The Balaban J connectivity index is 2.45. The number of esters is 1. The van der Waals surface area contributed by atoms with Crippen LogP contribution >= 0.6 is 0 Å². The van der Waals surface area contributed by atoms with Crippen LogP contribution in [0.5, 0.6) is 0 Å². The Morgan fingerprint density at radius 1 is 1.35 bits per heavy atom. The van der Waals surface area contributed by atoms with Crippen LogP contribution in [-0.4, -0.2) is 33.9 Å². The van der Waals surface area contributed by atoms with E-state index in [9.17, 15) is 19.8 Å². The molecule has 2 aromatic rings. The van der Waals surface area contributed by atoms with Crippen molar-refractivity contribution in [2.45, 2.75) is 19.1 Å². The number of hydrogen-bond donors (Lipinski definition) is 3. The first-order valence-electron chi connectivity index (χ1n) is 6.19. The predicted octanol–water partition coefficient (Wildman–Crippen LogP) is 0.486. The van der Waals surface area contributed by atoms with Gasteiger partial charge in [-0.2, -0.15) is 0 Å². The molecule has 2 rings (SSSR count). The molecule has 0 bridgehead atoms. The summed E-state index contributed by atoms with van der Waals surface area (Å²) in [5.41, 5.74) is 0.440. The molecule has 2 atom stereocenters. The van der Waals surface area contributed by atoms with Crippen molar-refractivity contribution in [3.8, 4) is 0 Å². The second-order valence-corrected chi connectivity index (χ2v) is 4.25. The summed E-state index contributed by atoms with van der Waals surface area (Å²) in [5.74, 6) is -0.907. The number of carbonyl (C=O) groups excluding carboxylic acids is 1. The molecule has 106 valence electrons. The summed E-state index contributed by atoms with van der Waals surface area (Å²) in [4.78, 5) is 26.0. The number of aromatic nitrogens is 1. The minimum Gasteiger partial charge on any atom is -0.464 e. The molecule has 1 heterocycles. The van der Waals surface area contributed by atoms with E-state index in [2.05, 4.69) is 9.72 Å². The SMILES string of the molecule is CCOC(=O)C(O)C(O)c1cccc2c(=O)cc[nH]c12. The number of fused-ring (bicyclic) bond motifs is 1. The van der Waals surface area contributed by atoms with Gasteiger partial charge in [-0.1, -0.05) is 12.1 Å². The number of aliphatic hydroxyl groups is 2. The molecule has 20 heavy (non-hydrogen) atoms. The van der Waals surface area contributed by atoms with Crippen molar-refractivity contribution in [2.75, 3.05) is 6.61 Å². The van der Waals surface area contributed by atoms with Crippen molar-refractivity contribution in [3.63, 3.8) is 0 Å². The van der Waals surface area contributed by atoms with Crippen LogP contribution in [0.2, 0.25) is 0 Å². The van der Waals surface area contributed by atoms with Crippen LogP contribution in [0.4, 0.5) is 0 Å². The number of aliphatic hydroxyl groups excluding tert-OH is 2. The molecule has 6 nitrogen and oxygen atoms in total. The van der Waals surface area contributed by atoms with Crippen LogP contribution in [0.3, 0.4) is 0 Å². The lowest BCUT2D eigenvalue weighted by Crippen LogP contribution is -2.30. The van der Waals surface area contributed by atoms with Gasteiger partial charge in [-0.3, -0.25) is 4.79 Å². The molecular formula is C14H15NO5. The molecule has 0 aliphatic rings. The lowest BCUT2D eigenvalue weighted by Gasteiger charge is -2.18.